The molecule has 0 heterocycles. The van der Waals surface area contributed by atoms with E-state index in [1.54, 1.807) is 0 Å². The average Bonchev–Trinajstić information content (AvgIpc) is 0. The summed E-state index contributed by atoms with van der Waals surface area (Å²) in [5, 5.41) is 0. The van der Waals surface area contributed by atoms with Gasteiger partial charge in [0.25, 0.3) is 0 Å². The fraction of sp³-hybridized carbons (Fsp3) is 0. The molecule has 0 fully saturated rings. The van der Waals surface area contributed by atoms with Crippen molar-refractivity contribution in [2.45, 2.75) is 0 Å². The van der Waals surface area contributed by atoms with Gasteiger partial charge in [0.2, 0.25) is 0 Å². The molecule has 0 bridgehead atoms. The molecule has 0 aliphatic rings. The Labute approximate surface area is 72.3 Å². The molecule has 2 radical (unpaired) electrons. The van der Waals surface area contributed by atoms with E-state index in [9.17, 15) is 0 Å². The summed E-state index contributed by atoms with van der Waals surface area (Å²) < 4.78 is 0. The van der Waals surface area contributed by atoms with Gasteiger partial charge in [0.15, 0.2) is 0 Å². The summed E-state index contributed by atoms with van der Waals surface area (Å²) in [4.78, 5) is 0. The Kier molecular flexibility index (Phi) is 508. The second-order valence-electron chi connectivity index (χ2n) is 0. The Morgan fingerprint density at radius 3 is 0.600 bits per heavy atom. The molecular formula is Cl4Mg. The summed E-state index contributed by atoms with van der Waals surface area (Å²) in [6.07, 6.45) is 0. The number of hydrogen-bond acceptors (Lipinski definition) is 0. The molecule has 0 atom stereocenters. The van der Waals surface area contributed by atoms with Crippen molar-refractivity contribution in [3.63, 3.8) is 0 Å². The van der Waals surface area contributed by atoms with E-state index in [4.69, 9.17) is 0 Å². The molecule has 5 heavy (non-hydrogen) atoms. The third-order valence-corrected chi connectivity index (χ3v) is 0. The van der Waals surface area contributed by atoms with Gasteiger partial charge in [-0.3, -0.25) is 0 Å². The molecule has 0 saturated heterocycles. The Bertz CT molecular complexity index is 3.61. The second-order valence-corrected chi connectivity index (χ2v) is 0. The molecule has 0 aromatic rings. The molecule has 5 heteroatoms. The van der Waals surface area contributed by atoms with E-state index in [-0.39, 0.29) is 72.7 Å². The van der Waals surface area contributed by atoms with Gasteiger partial charge < -0.3 is 37.2 Å². The van der Waals surface area contributed by atoms with Crippen LogP contribution in [0, 0.1) is 12.4 Å². The quantitative estimate of drug-likeness (QED) is 0.313. The van der Waals surface area contributed by atoms with E-state index in [0.29, 0.717) is 0 Å². The molecule has 0 rings (SSSR count). The van der Waals surface area contributed by atoms with Crippen LogP contribution in [0.5, 0.6) is 0 Å². The predicted molar refractivity (Wildman–Crippen MR) is 5.75 cm³/mol. The van der Waals surface area contributed by atoms with Crippen molar-refractivity contribution in [2.75, 3.05) is 0 Å². The van der Waals surface area contributed by atoms with Crippen LogP contribution in [0.15, 0.2) is 0 Å². The smallest absolute Gasteiger partial charge is 1.00 e. The minimum Gasteiger partial charge on any atom is -1.00 e. The van der Waals surface area contributed by atoms with E-state index in [1.165, 1.54) is 0 Å². The van der Waals surface area contributed by atoms with Crippen molar-refractivity contribution < 1.29 is 49.6 Å². The molecule has 0 aromatic carbocycles. The topological polar surface area (TPSA) is 0 Å². The zero-order valence-corrected chi connectivity index (χ0v) is 6.66. The van der Waals surface area contributed by atoms with E-state index in [1.807, 2.05) is 0 Å². The normalized spacial score (nSPS) is 0. The Morgan fingerprint density at radius 2 is 0.600 bits per heavy atom. The zero-order chi connectivity index (χ0) is 0. The maximum Gasteiger partial charge on any atom is 2.00 e. The molecule has 0 aliphatic heterocycles. The van der Waals surface area contributed by atoms with Gasteiger partial charge in [0.1, 0.15) is 0 Å². The van der Waals surface area contributed by atoms with Gasteiger partial charge in [0, 0.05) is 0 Å². The standard InChI is InChI=1S/3ClH.Cl.Mg/h3*1H;;/q;;;+1;+2/p-3. The van der Waals surface area contributed by atoms with Gasteiger partial charge in [-0.1, -0.05) is 0 Å². The van der Waals surface area contributed by atoms with Crippen LogP contribution in [0.25, 0.3) is 0 Å². The molecule has 30 valence electrons. The van der Waals surface area contributed by atoms with Crippen LogP contribution in [0.1, 0.15) is 0 Å². The van der Waals surface area contributed by atoms with Gasteiger partial charge in [-0.2, -0.15) is 0 Å². The van der Waals surface area contributed by atoms with E-state index in [0.717, 1.165) is 0 Å². The minimum absolute atomic E-state index is 0. The first-order valence-corrected chi connectivity index (χ1v) is 0. The first kappa shape index (κ1) is 65.6. The Morgan fingerprint density at radius 1 is 0.600 bits per heavy atom. The first-order chi connectivity index (χ1) is 0. The summed E-state index contributed by atoms with van der Waals surface area (Å²) in [7, 11) is 0. The molecule has 0 N–H and O–H groups in total. The fourth-order valence-corrected chi connectivity index (χ4v) is 0. The van der Waals surface area contributed by atoms with E-state index >= 15 is 0 Å². The molecule has 0 spiro atoms. The van der Waals surface area contributed by atoms with Crippen LogP contribution in [0.2, 0.25) is 0 Å². The summed E-state index contributed by atoms with van der Waals surface area (Å²) in [6.45, 7) is 0. The molecule has 0 unspecified atom stereocenters. The summed E-state index contributed by atoms with van der Waals surface area (Å²) >= 11 is 0. The largest absolute Gasteiger partial charge is 2.00 e. The first-order valence-electron chi connectivity index (χ1n) is 0. The summed E-state index contributed by atoms with van der Waals surface area (Å²) in [5.74, 6) is 0. The third kappa shape index (κ3) is 24.6. The van der Waals surface area contributed by atoms with Crippen molar-refractivity contribution in [3.05, 3.63) is 0 Å². The van der Waals surface area contributed by atoms with Gasteiger partial charge in [-0.05, 0) is 0 Å². The third-order valence-electron chi connectivity index (χ3n) is 0. The van der Waals surface area contributed by atoms with Crippen LogP contribution >= 0.6 is 0 Å². The number of hydrogen-bond donors (Lipinski definition) is 0. The van der Waals surface area contributed by atoms with Gasteiger partial charge in [-0.25, -0.2) is 0 Å². The Hall–Kier alpha value is 1.93. The van der Waals surface area contributed by atoms with Gasteiger partial charge in [-0.15, -0.1) is 0 Å². The van der Waals surface area contributed by atoms with E-state index < -0.39 is 0 Å². The van der Waals surface area contributed by atoms with Crippen LogP contribution < -0.4 is 37.2 Å². The van der Waals surface area contributed by atoms with E-state index in [2.05, 4.69) is 0 Å². The van der Waals surface area contributed by atoms with Crippen LogP contribution in [0.3, 0.4) is 0 Å². The van der Waals surface area contributed by atoms with Gasteiger partial charge in [0.05, 0.1) is 0 Å². The minimum atomic E-state index is 0. The molecule has 0 amide bonds. The number of rotatable bonds is 0. The SMILES string of the molecule is [Cl+].[Cl-].[Cl-].[Cl-].[Mg+2]. The maximum absolute atomic E-state index is 0. The van der Waals surface area contributed by atoms with Crippen LogP contribution in [-0.2, 0) is 0 Å². The van der Waals surface area contributed by atoms with Crippen molar-refractivity contribution in [1.29, 1.82) is 0 Å². The monoisotopic (exact) mass is 164 g/mol. The maximum atomic E-state index is 0. The van der Waals surface area contributed by atoms with Crippen molar-refractivity contribution in [1.82, 2.24) is 0 Å². The van der Waals surface area contributed by atoms with Crippen molar-refractivity contribution in [3.8, 4) is 0 Å². The fourth-order valence-electron chi connectivity index (χ4n) is 0. The molecule has 0 saturated carbocycles. The molecule has 0 aliphatic carbocycles. The zero-order valence-electron chi connectivity index (χ0n) is 2.22. The predicted octanol–water partition coefficient (Wildman–Crippen LogP) is -9.37. The van der Waals surface area contributed by atoms with Crippen molar-refractivity contribution >= 4 is 23.1 Å². The molecule has 0 nitrogen and oxygen atoms in total. The summed E-state index contributed by atoms with van der Waals surface area (Å²) in [6, 6.07) is 0. The van der Waals surface area contributed by atoms with Gasteiger partial charge >= 0.3 is 35.5 Å². The van der Waals surface area contributed by atoms with Crippen molar-refractivity contribution in [2.24, 2.45) is 0 Å². The Balaban J connectivity index is 0. The molecular weight excluding hydrogens is 166 g/mol. The summed E-state index contributed by atoms with van der Waals surface area (Å²) in [5.41, 5.74) is 0. The molecule has 0 aromatic heterocycles. The second kappa shape index (κ2) is 38.8. The average molecular weight is 166 g/mol. The number of halogens is 4. The van der Waals surface area contributed by atoms with Crippen LogP contribution in [0.4, 0.5) is 0 Å². The van der Waals surface area contributed by atoms with Crippen LogP contribution in [-0.4, -0.2) is 23.1 Å².